The van der Waals surface area contributed by atoms with E-state index in [4.69, 9.17) is 4.74 Å². The second kappa shape index (κ2) is 7.23. The first kappa shape index (κ1) is 19.0. The molecule has 6 nitrogen and oxygen atoms in total. The number of rotatable bonds is 4. The standard InChI is InChI=1S/C20H17F3N4O2/c1-12-17(24-11-29-12)19(28)25-18-15-4-2-3-5-16(15)27(26-18)10-13-6-8-14(9-7-13)20(21,22)23/h2-9,11-12,17H,10H2,1H3,(H,25,26,28). The van der Waals surface area contributed by atoms with Gasteiger partial charge in [0.2, 0.25) is 0 Å². The molecular weight excluding hydrogens is 385 g/mol. The quantitative estimate of drug-likeness (QED) is 0.721. The number of nitrogens with one attached hydrogen (secondary N) is 1. The number of hydrogen-bond donors (Lipinski definition) is 1. The van der Waals surface area contributed by atoms with Gasteiger partial charge in [-0.2, -0.15) is 18.3 Å². The van der Waals surface area contributed by atoms with E-state index in [9.17, 15) is 18.0 Å². The fourth-order valence-corrected chi connectivity index (χ4v) is 3.18. The van der Waals surface area contributed by atoms with Crippen LogP contribution in [0, 0.1) is 0 Å². The molecule has 0 spiro atoms. The Kier molecular flexibility index (Phi) is 4.73. The first-order valence-corrected chi connectivity index (χ1v) is 8.92. The van der Waals surface area contributed by atoms with Crippen molar-refractivity contribution in [3.8, 4) is 0 Å². The third-order valence-corrected chi connectivity index (χ3v) is 4.72. The number of alkyl halides is 3. The molecule has 4 rings (SSSR count). The lowest BCUT2D eigenvalue weighted by atomic mass is 10.1. The number of aliphatic imine (C=N–C) groups is 1. The van der Waals surface area contributed by atoms with Gasteiger partial charge in [-0.25, -0.2) is 4.99 Å². The highest BCUT2D eigenvalue weighted by molar-refractivity contribution is 6.02. The Labute approximate surface area is 164 Å². The van der Waals surface area contributed by atoms with E-state index in [0.717, 1.165) is 23.0 Å². The van der Waals surface area contributed by atoms with Gasteiger partial charge in [-0.1, -0.05) is 24.3 Å². The average Bonchev–Trinajstić information content (AvgIpc) is 3.26. The summed E-state index contributed by atoms with van der Waals surface area (Å²) in [7, 11) is 0. The van der Waals surface area contributed by atoms with Crippen molar-refractivity contribution in [1.82, 2.24) is 9.78 Å². The maximum atomic E-state index is 12.8. The predicted octanol–water partition coefficient (Wildman–Crippen LogP) is 3.86. The molecule has 1 aromatic heterocycles. The van der Waals surface area contributed by atoms with Gasteiger partial charge in [0, 0.05) is 5.39 Å². The van der Waals surface area contributed by atoms with Gasteiger partial charge in [0.05, 0.1) is 17.6 Å². The summed E-state index contributed by atoms with van der Waals surface area (Å²) in [6.45, 7) is 2.01. The van der Waals surface area contributed by atoms with Crippen molar-refractivity contribution in [2.24, 2.45) is 4.99 Å². The van der Waals surface area contributed by atoms with E-state index in [1.807, 2.05) is 24.3 Å². The summed E-state index contributed by atoms with van der Waals surface area (Å²) in [4.78, 5) is 16.5. The normalized spacial score (nSPS) is 18.8. The zero-order valence-electron chi connectivity index (χ0n) is 15.3. The number of fused-ring (bicyclic) bond motifs is 1. The molecule has 1 amide bonds. The molecule has 2 aromatic carbocycles. The molecule has 1 aliphatic rings. The number of ether oxygens (including phenoxy) is 1. The summed E-state index contributed by atoms with van der Waals surface area (Å²) in [5, 5.41) is 7.97. The van der Waals surface area contributed by atoms with Crippen molar-refractivity contribution in [2.75, 3.05) is 5.32 Å². The highest BCUT2D eigenvalue weighted by Gasteiger charge is 2.31. The third-order valence-electron chi connectivity index (χ3n) is 4.72. The molecule has 0 saturated carbocycles. The van der Waals surface area contributed by atoms with Crippen molar-refractivity contribution >= 4 is 29.0 Å². The van der Waals surface area contributed by atoms with Gasteiger partial charge in [-0.05, 0) is 36.8 Å². The van der Waals surface area contributed by atoms with Gasteiger partial charge in [0.1, 0.15) is 6.10 Å². The minimum absolute atomic E-state index is 0.260. The third kappa shape index (κ3) is 3.80. The van der Waals surface area contributed by atoms with Crippen molar-refractivity contribution < 1.29 is 22.7 Å². The zero-order valence-corrected chi connectivity index (χ0v) is 15.3. The Morgan fingerprint density at radius 3 is 2.55 bits per heavy atom. The van der Waals surface area contributed by atoms with E-state index >= 15 is 0 Å². The number of carbonyl (C=O) groups is 1. The molecule has 0 saturated heterocycles. The van der Waals surface area contributed by atoms with Crippen LogP contribution in [-0.2, 0) is 22.3 Å². The lowest BCUT2D eigenvalue weighted by Gasteiger charge is -2.11. The smallest absolute Gasteiger partial charge is 0.416 e. The molecule has 150 valence electrons. The zero-order chi connectivity index (χ0) is 20.6. The molecule has 1 aliphatic heterocycles. The van der Waals surface area contributed by atoms with E-state index in [1.54, 1.807) is 11.6 Å². The number of benzene rings is 2. The highest BCUT2D eigenvalue weighted by atomic mass is 19.4. The molecule has 0 radical (unpaired) electrons. The molecule has 0 bridgehead atoms. The Balaban J connectivity index is 1.60. The molecule has 0 fully saturated rings. The fraction of sp³-hybridized carbons (Fsp3) is 0.250. The number of carbonyl (C=O) groups excluding carboxylic acids is 1. The van der Waals surface area contributed by atoms with E-state index in [2.05, 4.69) is 15.4 Å². The Morgan fingerprint density at radius 2 is 1.90 bits per heavy atom. The van der Waals surface area contributed by atoms with Gasteiger partial charge in [0.15, 0.2) is 18.3 Å². The van der Waals surface area contributed by atoms with Gasteiger partial charge in [-0.15, -0.1) is 0 Å². The number of amides is 1. The van der Waals surface area contributed by atoms with E-state index in [0.29, 0.717) is 11.4 Å². The van der Waals surface area contributed by atoms with Crippen molar-refractivity contribution in [3.05, 3.63) is 59.7 Å². The van der Waals surface area contributed by atoms with Crippen LogP contribution in [0.4, 0.5) is 19.0 Å². The predicted molar refractivity (Wildman–Crippen MR) is 102 cm³/mol. The number of nitrogens with zero attached hydrogens (tertiary/aromatic N) is 3. The lowest BCUT2D eigenvalue weighted by molar-refractivity contribution is -0.137. The van der Waals surface area contributed by atoms with Crippen LogP contribution >= 0.6 is 0 Å². The molecule has 2 unspecified atom stereocenters. The maximum Gasteiger partial charge on any atom is 0.416 e. The van der Waals surface area contributed by atoms with Crippen molar-refractivity contribution in [2.45, 2.75) is 31.8 Å². The molecule has 1 N–H and O–H groups in total. The molecule has 29 heavy (non-hydrogen) atoms. The number of anilines is 1. The summed E-state index contributed by atoms with van der Waals surface area (Å²) < 4.78 is 45.1. The van der Waals surface area contributed by atoms with E-state index in [-0.39, 0.29) is 18.6 Å². The molecular formula is C20H17F3N4O2. The monoisotopic (exact) mass is 402 g/mol. The largest absolute Gasteiger partial charge is 0.478 e. The number of halogens is 3. The molecule has 2 heterocycles. The van der Waals surface area contributed by atoms with Crippen LogP contribution in [0.3, 0.4) is 0 Å². The number of hydrogen-bond acceptors (Lipinski definition) is 4. The van der Waals surface area contributed by atoms with Gasteiger partial charge < -0.3 is 10.1 Å². The average molecular weight is 402 g/mol. The summed E-state index contributed by atoms with van der Waals surface area (Å²) in [6, 6.07) is 11.6. The van der Waals surface area contributed by atoms with Crippen LogP contribution in [0.2, 0.25) is 0 Å². The first-order chi connectivity index (χ1) is 13.8. The van der Waals surface area contributed by atoms with Gasteiger partial charge in [-0.3, -0.25) is 9.48 Å². The highest BCUT2D eigenvalue weighted by Crippen LogP contribution is 2.30. The van der Waals surface area contributed by atoms with Crippen LogP contribution in [0.5, 0.6) is 0 Å². The van der Waals surface area contributed by atoms with Crippen LogP contribution in [0.1, 0.15) is 18.1 Å². The van der Waals surface area contributed by atoms with Crippen LogP contribution in [0.25, 0.3) is 10.9 Å². The van der Waals surface area contributed by atoms with Crippen molar-refractivity contribution in [3.63, 3.8) is 0 Å². The Morgan fingerprint density at radius 1 is 1.17 bits per heavy atom. The number of para-hydroxylation sites is 1. The second-order valence-electron chi connectivity index (χ2n) is 6.75. The lowest BCUT2D eigenvalue weighted by Crippen LogP contribution is -2.33. The minimum Gasteiger partial charge on any atom is -0.478 e. The maximum absolute atomic E-state index is 12.8. The SMILES string of the molecule is CC1OC=NC1C(=O)Nc1nn(Cc2ccc(C(F)(F)F)cc2)c2ccccc12. The summed E-state index contributed by atoms with van der Waals surface area (Å²) in [5.41, 5.74) is 0.710. The van der Waals surface area contributed by atoms with Crippen molar-refractivity contribution in [1.29, 1.82) is 0 Å². The molecule has 0 aliphatic carbocycles. The first-order valence-electron chi connectivity index (χ1n) is 8.92. The second-order valence-corrected chi connectivity index (χ2v) is 6.75. The van der Waals surface area contributed by atoms with Gasteiger partial charge >= 0.3 is 6.18 Å². The summed E-state index contributed by atoms with van der Waals surface area (Å²) >= 11 is 0. The molecule has 9 heteroatoms. The van der Waals surface area contributed by atoms with Gasteiger partial charge in [0.25, 0.3) is 5.91 Å². The topological polar surface area (TPSA) is 68.5 Å². The summed E-state index contributed by atoms with van der Waals surface area (Å²) in [6.07, 6.45) is -3.48. The summed E-state index contributed by atoms with van der Waals surface area (Å²) in [5.74, 6) is 0.0306. The fourth-order valence-electron chi connectivity index (χ4n) is 3.18. The Bertz CT molecular complexity index is 1070. The van der Waals surface area contributed by atoms with Crippen LogP contribution < -0.4 is 5.32 Å². The molecule has 3 aromatic rings. The molecule has 2 atom stereocenters. The minimum atomic E-state index is -4.38. The Hall–Kier alpha value is -3.36. The number of aromatic nitrogens is 2. The van der Waals surface area contributed by atoms with Crippen LogP contribution in [-0.4, -0.2) is 34.2 Å². The van der Waals surface area contributed by atoms with E-state index in [1.165, 1.54) is 18.5 Å². The van der Waals surface area contributed by atoms with E-state index < -0.39 is 17.8 Å². The van der Waals surface area contributed by atoms with Crippen LogP contribution in [0.15, 0.2) is 53.5 Å².